The molecule has 0 atom stereocenters. The summed E-state index contributed by atoms with van der Waals surface area (Å²) in [5, 5.41) is 11.0. The molecule has 9 nitrogen and oxygen atoms in total. The Balaban J connectivity index is 1.79. The number of halogens is 1. The molecule has 1 fully saturated rings. The number of hydrogen-bond donors (Lipinski definition) is 0. The first kappa shape index (κ1) is 21.5. The van der Waals surface area contributed by atoms with Crippen molar-refractivity contribution in [2.75, 3.05) is 26.2 Å². The smallest absolute Gasteiger partial charge is 0.270 e. The molecule has 0 radical (unpaired) electrons. The normalized spacial score (nSPS) is 15.5. The Morgan fingerprint density at radius 2 is 1.76 bits per heavy atom. The predicted octanol–water partition coefficient (Wildman–Crippen LogP) is 3.02. The van der Waals surface area contributed by atoms with Crippen LogP contribution < -0.4 is 0 Å². The quantitative estimate of drug-likeness (QED) is 0.485. The van der Waals surface area contributed by atoms with Crippen LogP contribution in [0.25, 0.3) is 0 Å². The lowest BCUT2D eigenvalue weighted by atomic mass is 10.2. The number of nitro groups is 1. The van der Waals surface area contributed by atoms with Crippen LogP contribution in [0.1, 0.15) is 27.4 Å². The highest BCUT2D eigenvalue weighted by Crippen LogP contribution is 2.30. The number of hydrogen-bond acceptors (Lipinski definition) is 6. The van der Waals surface area contributed by atoms with E-state index in [0.29, 0.717) is 27.1 Å². The van der Waals surface area contributed by atoms with E-state index >= 15 is 0 Å². The average molecular weight is 486 g/mol. The minimum absolute atomic E-state index is 0.0875. The van der Waals surface area contributed by atoms with Crippen LogP contribution in [-0.4, -0.2) is 54.6 Å². The van der Waals surface area contributed by atoms with Gasteiger partial charge in [0.15, 0.2) is 0 Å². The molecule has 29 heavy (non-hydrogen) atoms. The number of benzene rings is 1. The summed E-state index contributed by atoms with van der Waals surface area (Å²) in [6.45, 7) is 5.67. The summed E-state index contributed by atoms with van der Waals surface area (Å²) in [4.78, 5) is 24.7. The van der Waals surface area contributed by atoms with E-state index in [-0.39, 0.29) is 42.7 Å². The molecule has 0 bridgehead atoms. The van der Waals surface area contributed by atoms with Gasteiger partial charge in [-0.2, -0.15) is 4.31 Å². The SMILES string of the molecule is Cc1ccc([N+](=O)[O-])cc1S(=O)(=O)N1CCN(C(=O)c2c(C)oc(C)c2Br)CC1. The standard InChI is InChI=1S/C18H20BrN3O6S/c1-11-4-5-14(22(24)25)10-15(11)29(26,27)21-8-6-20(7-9-21)18(23)16-12(2)28-13(3)17(16)19/h4-5,10H,6-9H2,1-3H3. The van der Waals surface area contributed by atoms with Crippen LogP contribution in [0.5, 0.6) is 0 Å². The fourth-order valence-corrected chi connectivity index (χ4v) is 5.51. The van der Waals surface area contributed by atoms with Gasteiger partial charge >= 0.3 is 0 Å². The Bertz CT molecular complexity index is 1090. The minimum atomic E-state index is -3.91. The van der Waals surface area contributed by atoms with Crippen molar-refractivity contribution in [3.8, 4) is 0 Å². The summed E-state index contributed by atoms with van der Waals surface area (Å²) in [5.41, 5.74) is 0.592. The van der Waals surface area contributed by atoms with Gasteiger partial charge in [-0.05, 0) is 42.3 Å². The first-order chi connectivity index (χ1) is 13.5. The fourth-order valence-electron chi connectivity index (χ4n) is 3.31. The molecule has 1 aromatic carbocycles. The summed E-state index contributed by atoms with van der Waals surface area (Å²) in [6, 6.07) is 3.78. The largest absolute Gasteiger partial charge is 0.465 e. The Kier molecular flexibility index (Phi) is 5.84. The monoisotopic (exact) mass is 485 g/mol. The topological polar surface area (TPSA) is 114 Å². The first-order valence-corrected chi connectivity index (χ1v) is 11.1. The Morgan fingerprint density at radius 3 is 2.28 bits per heavy atom. The molecule has 2 heterocycles. The predicted molar refractivity (Wildman–Crippen MR) is 108 cm³/mol. The third-order valence-electron chi connectivity index (χ3n) is 4.93. The lowest BCUT2D eigenvalue weighted by Gasteiger charge is -2.34. The van der Waals surface area contributed by atoms with Crippen molar-refractivity contribution in [3.05, 3.63) is 55.4 Å². The molecule has 0 unspecified atom stereocenters. The number of sulfonamides is 1. The molecular formula is C18H20BrN3O6S. The van der Waals surface area contributed by atoms with Gasteiger partial charge in [-0.15, -0.1) is 0 Å². The lowest BCUT2D eigenvalue weighted by molar-refractivity contribution is -0.385. The maximum atomic E-state index is 13.0. The summed E-state index contributed by atoms with van der Waals surface area (Å²) in [5.74, 6) is 0.879. The molecule has 11 heteroatoms. The number of nitrogens with zero attached hydrogens (tertiary/aromatic N) is 3. The second-order valence-electron chi connectivity index (χ2n) is 6.81. The van der Waals surface area contributed by atoms with Gasteiger partial charge in [-0.1, -0.05) is 6.07 Å². The van der Waals surface area contributed by atoms with Gasteiger partial charge in [-0.3, -0.25) is 14.9 Å². The minimum Gasteiger partial charge on any atom is -0.465 e. The van der Waals surface area contributed by atoms with Gasteiger partial charge in [0, 0.05) is 38.3 Å². The number of carbonyl (C=O) groups excluding carboxylic acids is 1. The van der Waals surface area contributed by atoms with Crippen molar-refractivity contribution in [2.24, 2.45) is 0 Å². The maximum Gasteiger partial charge on any atom is 0.270 e. The van der Waals surface area contributed by atoms with Crippen LogP contribution >= 0.6 is 15.9 Å². The third kappa shape index (κ3) is 3.94. The lowest BCUT2D eigenvalue weighted by Crippen LogP contribution is -2.50. The zero-order valence-corrected chi connectivity index (χ0v) is 18.5. The van der Waals surface area contributed by atoms with Crippen LogP contribution in [0.2, 0.25) is 0 Å². The molecule has 3 rings (SSSR count). The zero-order valence-electron chi connectivity index (χ0n) is 16.1. The van der Waals surface area contributed by atoms with Gasteiger partial charge in [0.1, 0.15) is 11.5 Å². The van der Waals surface area contributed by atoms with Crippen LogP contribution in [0.15, 0.2) is 32.0 Å². The zero-order chi connectivity index (χ0) is 21.5. The summed E-state index contributed by atoms with van der Waals surface area (Å²) < 4.78 is 33.4. The van der Waals surface area contributed by atoms with Gasteiger partial charge in [-0.25, -0.2) is 8.42 Å². The van der Waals surface area contributed by atoms with Crippen LogP contribution in [0.3, 0.4) is 0 Å². The van der Waals surface area contributed by atoms with Crippen molar-refractivity contribution >= 4 is 37.5 Å². The molecule has 156 valence electrons. The van der Waals surface area contributed by atoms with Crippen molar-refractivity contribution in [1.82, 2.24) is 9.21 Å². The number of carbonyl (C=O) groups is 1. The second kappa shape index (κ2) is 7.88. The van der Waals surface area contributed by atoms with Crippen molar-refractivity contribution in [2.45, 2.75) is 25.7 Å². The maximum absolute atomic E-state index is 13.0. The van der Waals surface area contributed by atoms with E-state index in [1.807, 2.05) is 0 Å². The summed E-state index contributed by atoms with van der Waals surface area (Å²) in [7, 11) is -3.91. The van der Waals surface area contributed by atoms with Gasteiger partial charge in [0.25, 0.3) is 11.6 Å². The molecule has 1 aromatic heterocycles. The number of aryl methyl sites for hydroxylation is 3. The molecule has 1 amide bonds. The third-order valence-corrected chi connectivity index (χ3v) is 7.92. The molecule has 1 saturated heterocycles. The van der Waals surface area contributed by atoms with Crippen molar-refractivity contribution in [1.29, 1.82) is 0 Å². The fraction of sp³-hybridized carbons (Fsp3) is 0.389. The van der Waals surface area contributed by atoms with E-state index in [2.05, 4.69) is 15.9 Å². The number of nitro benzene ring substituents is 1. The Hall–Kier alpha value is -2.24. The number of non-ortho nitro benzene ring substituents is 1. The van der Waals surface area contributed by atoms with Gasteiger partial charge in [0.2, 0.25) is 10.0 Å². The number of furan rings is 1. The second-order valence-corrected chi connectivity index (χ2v) is 9.51. The molecule has 0 aliphatic carbocycles. The summed E-state index contributed by atoms with van der Waals surface area (Å²) >= 11 is 3.37. The number of rotatable bonds is 4. The molecule has 1 aliphatic rings. The first-order valence-electron chi connectivity index (χ1n) is 8.84. The van der Waals surface area contributed by atoms with E-state index in [1.54, 1.807) is 25.7 Å². The highest BCUT2D eigenvalue weighted by Gasteiger charge is 2.33. The highest BCUT2D eigenvalue weighted by molar-refractivity contribution is 9.10. The Morgan fingerprint density at radius 1 is 1.14 bits per heavy atom. The Labute approximate surface area is 176 Å². The van der Waals surface area contributed by atoms with Crippen LogP contribution in [0.4, 0.5) is 5.69 Å². The van der Waals surface area contributed by atoms with Crippen LogP contribution in [0, 0.1) is 30.9 Å². The molecular weight excluding hydrogens is 466 g/mol. The molecule has 2 aromatic rings. The molecule has 0 spiro atoms. The van der Waals surface area contributed by atoms with Gasteiger partial charge in [0.05, 0.1) is 19.9 Å². The van der Waals surface area contributed by atoms with E-state index in [9.17, 15) is 23.3 Å². The number of piperazine rings is 1. The highest BCUT2D eigenvalue weighted by atomic mass is 79.9. The molecule has 0 saturated carbocycles. The molecule has 1 aliphatic heterocycles. The van der Waals surface area contributed by atoms with Crippen LogP contribution in [-0.2, 0) is 10.0 Å². The van der Waals surface area contributed by atoms with Crippen molar-refractivity contribution in [3.63, 3.8) is 0 Å². The van der Waals surface area contributed by atoms with E-state index in [0.717, 1.165) is 6.07 Å². The average Bonchev–Trinajstić information content (AvgIpc) is 2.93. The van der Waals surface area contributed by atoms with Crippen molar-refractivity contribution < 1.29 is 22.6 Å². The van der Waals surface area contributed by atoms with Gasteiger partial charge < -0.3 is 9.32 Å². The van der Waals surface area contributed by atoms with E-state index in [1.165, 1.54) is 16.4 Å². The van der Waals surface area contributed by atoms with E-state index < -0.39 is 14.9 Å². The molecule has 0 N–H and O–H groups in total. The summed E-state index contributed by atoms with van der Waals surface area (Å²) in [6.07, 6.45) is 0. The van der Waals surface area contributed by atoms with E-state index in [4.69, 9.17) is 4.42 Å². The number of amides is 1.